The Morgan fingerprint density at radius 3 is 2.85 bits per heavy atom. The highest BCUT2D eigenvalue weighted by atomic mass is 16.5. The number of benzene rings is 1. The quantitative estimate of drug-likeness (QED) is 0.776. The van der Waals surface area contributed by atoms with E-state index in [-0.39, 0.29) is 0 Å². The molecule has 1 N–H and O–H groups in total. The van der Waals surface area contributed by atoms with Crippen LogP contribution in [0.15, 0.2) is 24.5 Å². The number of nitrogens with one attached hydrogen (secondary N) is 1. The van der Waals surface area contributed by atoms with Crippen LogP contribution in [-0.2, 0) is 0 Å². The van der Waals surface area contributed by atoms with Gasteiger partial charge in [-0.3, -0.25) is 0 Å². The second kappa shape index (κ2) is 4.37. The molecule has 0 atom stereocenters. The minimum atomic E-state index is 0.847. The maximum atomic E-state index is 5.28. The van der Waals surface area contributed by atoms with Crippen LogP contribution < -0.4 is 9.64 Å². The van der Waals surface area contributed by atoms with E-state index >= 15 is 0 Å². The van der Waals surface area contributed by atoms with Crippen molar-refractivity contribution in [2.24, 2.45) is 0 Å². The molecule has 1 aliphatic rings. The monoisotopic (exact) mass is 268 g/mol. The summed E-state index contributed by atoms with van der Waals surface area (Å²) in [5.41, 5.74) is 3.05. The second-order valence-electron chi connectivity index (χ2n) is 5.15. The zero-order valence-corrected chi connectivity index (χ0v) is 11.4. The number of aromatic nitrogens is 3. The number of fused-ring (bicyclic) bond motifs is 3. The van der Waals surface area contributed by atoms with Crippen molar-refractivity contribution >= 4 is 27.8 Å². The highest BCUT2D eigenvalue weighted by Gasteiger charge is 2.18. The molecule has 1 aromatic carbocycles. The average Bonchev–Trinajstić information content (AvgIpc) is 3.13. The summed E-state index contributed by atoms with van der Waals surface area (Å²) in [7, 11) is 1.68. The summed E-state index contributed by atoms with van der Waals surface area (Å²) < 4.78 is 5.28. The lowest BCUT2D eigenvalue weighted by Gasteiger charge is -2.16. The van der Waals surface area contributed by atoms with Crippen LogP contribution in [0.25, 0.3) is 21.9 Å². The third-order valence-corrected chi connectivity index (χ3v) is 3.97. The highest BCUT2D eigenvalue weighted by Crippen LogP contribution is 2.32. The predicted octanol–water partition coefficient (Wildman–Crippen LogP) is 2.72. The lowest BCUT2D eigenvalue weighted by atomic mass is 10.2. The Morgan fingerprint density at radius 1 is 1.20 bits per heavy atom. The molecule has 4 rings (SSSR count). The molecule has 102 valence electrons. The average molecular weight is 268 g/mol. The van der Waals surface area contributed by atoms with Crippen molar-refractivity contribution < 1.29 is 4.74 Å². The maximum absolute atomic E-state index is 5.28. The largest absolute Gasteiger partial charge is 0.497 e. The van der Waals surface area contributed by atoms with Crippen molar-refractivity contribution in [1.29, 1.82) is 0 Å². The van der Waals surface area contributed by atoms with Gasteiger partial charge in [0.2, 0.25) is 0 Å². The highest BCUT2D eigenvalue weighted by molar-refractivity contribution is 6.08. The first-order chi connectivity index (χ1) is 9.86. The Balaban J connectivity index is 1.97. The molecular formula is C15H16N4O. The summed E-state index contributed by atoms with van der Waals surface area (Å²) in [5, 5.41) is 1.11. The van der Waals surface area contributed by atoms with Gasteiger partial charge in [0.1, 0.15) is 23.1 Å². The van der Waals surface area contributed by atoms with Gasteiger partial charge >= 0.3 is 0 Å². The van der Waals surface area contributed by atoms with Crippen LogP contribution >= 0.6 is 0 Å². The van der Waals surface area contributed by atoms with Crippen LogP contribution in [0.2, 0.25) is 0 Å². The Labute approximate surface area is 116 Å². The Bertz CT molecular complexity index is 774. The van der Waals surface area contributed by atoms with Crippen LogP contribution in [0.3, 0.4) is 0 Å². The Morgan fingerprint density at radius 2 is 2.05 bits per heavy atom. The van der Waals surface area contributed by atoms with Gasteiger partial charge in [-0.25, -0.2) is 9.97 Å². The summed E-state index contributed by atoms with van der Waals surface area (Å²) in [6.07, 6.45) is 4.13. The number of nitrogens with zero attached hydrogens (tertiary/aromatic N) is 3. The molecule has 0 unspecified atom stereocenters. The molecule has 1 aliphatic heterocycles. The SMILES string of the molecule is COc1ccc2c(c1)[nH]c1c(N3CCCC3)ncnc12. The van der Waals surface area contributed by atoms with Gasteiger partial charge in [0.05, 0.1) is 12.6 Å². The molecule has 1 fully saturated rings. The topological polar surface area (TPSA) is 54.0 Å². The molecule has 20 heavy (non-hydrogen) atoms. The van der Waals surface area contributed by atoms with E-state index in [0.29, 0.717) is 0 Å². The van der Waals surface area contributed by atoms with E-state index in [1.807, 2.05) is 18.2 Å². The zero-order valence-electron chi connectivity index (χ0n) is 11.4. The molecule has 0 spiro atoms. The molecule has 0 radical (unpaired) electrons. The van der Waals surface area contributed by atoms with Crippen molar-refractivity contribution in [2.75, 3.05) is 25.1 Å². The fourth-order valence-corrected chi connectivity index (χ4v) is 2.96. The summed E-state index contributed by atoms with van der Waals surface area (Å²) in [6.45, 7) is 2.15. The summed E-state index contributed by atoms with van der Waals surface area (Å²) in [6, 6.07) is 6.02. The molecule has 3 heterocycles. The molecule has 3 aromatic rings. The fourth-order valence-electron chi connectivity index (χ4n) is 2.96. The number of hydrogen-bond acceptors (Lipinski definition) is 4. The van der Waals surface area contributed by atoms with Crippen molar-refractivity contribution in [3.05, 3.63) is 24.5 Å². The van der Waals surface area contributed by atoms with Gasteiger partial charge in [0.15, 0.2) is 5.82 Å². The van der Waals surface area contributed by atoms with Gasteiger partial charge in [-0.05, 0) is 25.0 Å². The van der Waals surface area contributed by atoms with Crippen LogP contribution in [0.4, 0.5) is 5.82 Å². The van der Waals surface area contributed by atoms with Gasteiger partial charge in [0, 0.05) is 24.5 Å². The first-order valence-electron chi connectivity index (χ1n) is 6.92. The standard InChI is InChI=1S/C15H16N4O/c1-20-10-4-5-11-12(8-10)18-14-13(11)16-9-17-15(14)19-6-2-3-7-19/h4-5,8-9,18H,2-3,6-7H2,1H3. The molecule has 0 aliphatic carbocycles. The summed E-state index contributed by atoms with van der Waals surface area (Å²) >= 11 is 0. The van der Waals surface area contributed by atoms with Gasteiger partial charge in [-0.1, -0.05) is 0 Å². The van der Waals surface area contributed by atoms with Crippen LogP contribution in [0.1, 0.15) is 12.8 Å². The minimum absolute atomic E-state index is 0.847. The van der Waals surface area contributed by atoms with Crippen LogP contribution in [0, 0.1) is 0 Å². The second-order valence-corrected chi connectivity index (χ2v) is 5.15. The number of anilines is 1. The first-order valence-corrected chi connectivity index (χ1v) is 6.92. The van der Waals surface area contributed by atoms with Crippen molar-refractivity contribution in [2.45, 2.75) is 12.8 Å². The lowest BCUT2D eigenvalue weighted by Crippen LogP contribution is -2.19. The third kappa shape index (κ3) is 1.62. The maximum Gasteiger partial charge on any atom is 0.156 e. The minimum Gasteiger partial charge on any atom is -0.497 e. The molecule has 0 bridgehead atoms. The van der Waals surface area contributed by atoms with Crippen molar-refractivity contribution in [1.82, 2.24) is 15.0 Å². The normalized spacial score (nSPS) is 15.3. The predicted molar refractivity (Wildman–Crippen MR) is 79.4 cm³/mol. The molecule has 5 nitrogen and oxygen atoms in total. The number of rotatable bonds is 2. The summed E-state index contributed by atoms with van der Waals surface area (Å²) in [5.74, 6) is 1.86. The molecule has 0 amide bonds. The van der Waals surface area contributed by atoms with E-state index < -0.39 is 0 Å². The molecule has 0 saturated carbocycles. The smallest absolute Gasteiger partial charge is 0.156 e. The van der Waals surface area contributed by atoms with Crippen LogP contribution in [-0.4, -0.2) is 35.2 Å². The third-order valence-electron chi connectivity index (χ3n) is 3.97. The molecule has 1 saturated heterocycles. The summed E-state index contributed by atoms with van der Waals surface area (Å²) in [4.78, 5) is 14.7. The van der Waals surface area contributed by atoms with Crippen molar-refractivity contribution in [3.63, 3.8) is 0 Å². The zero-order chi connectivity index (χ0) is 13.5. The number of H-pyrrole nitrogens is 1. The van der Waals surface area contributed by atoms with Gasteiger partial charge in [-0.15, -0.1) is 0 Å². The van der Waals surface area contributed by atoms with Gasteiger partial charge < -0.3 is 14.6 Å². The number of aromatic amines is 1. The van der Waals surface area contributed by atoms with E-state index in [4.69, 9.17) is 4.74 Å². The van der Waals surface area contributed by atoms with Gasteiger partial charge in [0.25, 0.3) is 0 Å². The van der Waals surface area contributed by atoms with E-state index in [2.05, 4.69) is 19.9 Å². The molecular weight excluding hydrogens is 252 g/mol. The number of hydrogen-bond donors (Lipinski definition) is 1. The Hall–Kier alpha value is -2.30. The number of ether oxygens (including phenoxy) is 1. The van der Waals surface area contributed by atoms with Crippen molar-refractivity contribution in [3.8, 4) is 5.75 Å². The van der Waals surface area contributed by atoms with Gasteiger partial charge in [-0.2, -0.15) is 0 Å². The van der Waals surface area contributed by atoms with E-state index in [9.17, 15) is 0 Å². The lowest BCUT2D eigenvalue weighted by molar-refractivity contribution is 0.415. The fraction of sp³-hybridized carbons (Fsp3) is 0.333. The van der Waals surface area contributed by atoms with Crippen LogP contribution in [0.5, 0.6) is 5.75 Å². The molecule has 5 heteroatoms. The number of methoxy groups -OCH3 is 1. The molecule has 2 aromatic heterocycles. The van der Waals surface area contributed by atoms with E-state index in [0.717, 1.165) is 46.6 Å². The van der Waals surface area contributed by atoms with E-state index in [1.54, 1.807) is 13.4 Å². The Kier molecular flexibility index (Phi) is 2.52. The first kappa shape index (κ1) is 11.5. The van der Waals surface area contributed by atoms with E-state index in [1.165, 1.54) is 12.8 Å².